The molecule has 16 heavy (non-hydrogen) atoms. The minimum Gasteiger partial charge on any atom is -0.396 e. The number of aliphatic hydroxyl groups is 1. The highest BCUT2D eigenvalue weighted by atomic mass is 16.5. The van der Waals surface area contributed by atoms with E-state index in [0.717, 1.165) is 19.3 Å². The van der Waals surface area contributed by atoms with Crippen LogP contribution in [-0.4, -0.2) is 43.9 Å². The molecule has 0 aliphatic carbocycles. The quantitative estimate of drug-likeness (QED) is 0.464. The molecule has 1 amide bonds. The Labute approximate surface area is 97.3 Å². The van der Waals surface area contributed by atoms with Crippen LogP contribution < -0.4 is 11.1 Å². The number of carbonyl (C=O) groups excluding carboxylic acids is 1. The van der Waals surface area contributed by atoms with Gasteiger partial charge in [-0.15, -0.1) is 0 Å². The van der Waals surface area contributed by atoms with Gasteiger partial charge >= 0.3 is 0 Å². The van der Waals surface area contributed by atoms with Gasteiger partial charge in [-0.3, -0.25) is 4.79 Å². The van der Waals surface area contributed by atoms with E-state index in [2.05, 4.69) is 5.32 Å². The van der Waals surface area contributed by atoms with Crippen molar-refractivity contribution in [1.82, 2.24) is 5.32 Å². The first-order chi connectivity index (χ1) is 7.74. The Morgan fingerprint density at radius 3 is 2.75 bits per heavy atom. The Kier molecular flexibility index (Phi) is 10.4. The zero-order chi connectivity index (χ0) is 12.2. The van der Waals surface area contributed by atoms with Crippen molar-refractivity contribution < 1.29 is 14.6 Å². The molecule has 1 unspecified atom stereocenters. The van der Waals surface area contributed by atoms with E-state index >= 15 is 0 Å². The molecule has 0 heterocycles. The van der Waals surface area contributed by atoms with Crippen LogP contribution in [0.5, 0.6) is 0 Å². The fourth-order valence-corrected chi connectivity index (χ4v) is 1.46. The normalized spacial score (nSPS) is 12.4. The highest BCUT2D eigenvalue weighted by Gasteiger charge is 2.10. The second-order valence-electron chi connectivity index (χ2n) is 3.83. The molecule has 0 saturated heterocycles. The molecule has 5 heteroatoms. The third kappa shape index (κ3) is 8.64. The lowest BCUT2D eigenvalue weighted by Crippen LogP contribution is -2.38. The number of carbonyl (C=O) groups is 1. The first-order valence-corrected chi connectivity index (χ1v) is 5.83. The summed E-state index contributed by atoms with van der Waals surface area (Å²) in [7, 11) is 1.58. The predicted octanol–water partition coefficient (Wildman–Crippen LogP) is 0.0191. The Morgan fingerprint density at radius 2 is 2.19 bits per heavy atom. The molecule has 0 bridgehead atoms. The lowest BCUT2D eigenvalue weighted by atomic mass is 10.1. The molecule has 0 aliphatic rings. The maximum absolute atomic E-state index is 11.5. The molecule has 0 saturated carbocycles. The molecule has 0 aromatic carbocycles. The number of amides is 1. The Balaban J connectivity index is 3.63. The minimum atomic E-state index is -0.0861. The summed E-state index contributed by atoms with van der Waals surface area (Å²) in [5.74, 6) is 0.0209. The van der Waals surface area contributed by atoms with Crippen LogP contribution >= 0.6 is 0 Å². The summed E-state index contributed by atoms with van der Waals surface area (Å²) >= 11 is 0. The molecule has 96 valence electrons. The molecule has 4 N–H and O–H groups in total. The van der Waals surface area contributed by atoms with Gasteiger partial charge < -0.3 is 20.9 Å². The Bertz CT molecular complexity index is 171. The highest BCUT2D eigenvalue weighted by molar-refractivity contribution is 5.76. The van der Waals surface area contributed by atoms with E-state index < -0.39 is 0 Å². The molecular formula is C11H24N2O3. The third-order valence-electron chi connectivity index (χ3n) is 2.32. The zero-order valence-electron chi connectivity index (χ0n) is 10.1. The van der Waals surface area contributed by atoms with Crippen molar-refractivity contribution in [3.05, 3.63) is 0 Å². The molecule has 1 atom stereocenters. The molecule has 0 aromatic heterocycles. The van der Waals surface area contributed by atoms with E-state index in [1.807, 2.05) is 0 Å². The van der Waals surface area contributed by atoms with Crippen LogP contribution in [0, 0.1) is 0 Å². The lowest BCUT2D eigenvalue weighted by Gasteiger charge is -2.16. The fraction of sp³-hybridized carbons (Fsp3) is 0.909. The van der Waals surface area contributed by atoms with Gasteiger partial charge in [0.15, 0.2) is 0 Å². The second-order valence-corrected chi connectivity index (χ2v) is 3.83. The smallest absolute Gasteiger partial charge is 0.220 e. The van der Waals surface area contributed by atoms with Gasteiger partial charge in [-0.25, -0.2) is 0 Å². The van der Waals surface area contributed by atoms with Gasteiger partial charge in [0, 0.05) is 20.1 Å². The number of methoxy groups -OCH3 is 1. The van der Waals surface area contributed by atoms with Crippen molar-refractivity contribution in [1.29, 1.82) is 0 Å². The van der Waals surface area contributed by atoms with E-state index in [0.29, 0.717) is 26.0 Å². The molecule has 0 rings (SSSR count). The van der Waals surface area contributed by atoms with Gasteiger partial charge in [0.1, 0.15) is 0 Å². The third-order valence-corrected chi connectivity index (χ3v) is 2.32. The number of ether oxygens (including phenoxy) is 1. The summed E-state index contributed by atoms with van der Waals surface area (Å²) in [6, 6.07) is -0.0861. The summed E-state index contributed by atoms with van der Waals surface area (Å²) < 4.78 is 4.96. The zero-order valence-corrected chi connectivity index (χ0v) is 10.1. The van der Waals surface area contributed by atoms with E-state index in [-0.39, 0.29) is 18.6 Å². The highest BCUT2D eigenvalue weighted by Crippen LogP contribution is 2.00. The SMILES string of the molecule is COCC(CCO)NC(=O)CCCCCN. The largest absolute Gasteiger partial charge is 0.396 e. The number of hydrogen-bond acceptors (Lipinski definition) is 4. The van der Waals surface area contributed by atoms with Crippen molar-refractivity contribution in [2.24, 2.45) is 5.73 Å². The van der Waals surface area contributed by atoms with Crippen LogP contribution in [0.2, 0.25) is 0 Å². The predicted molar refractivity (Wildman–Crippen MR) is 63.0 cm³/mol. The molecule has 0 fully saturated rings. The average molecular weight is 232 g/mol. The van der Waals surface area contributed by atoms with Crippen molar-refractivity contribution in [3.63, 3.8) is 0 Å². The summed E-state index contributed by atoms with van der Waals surface area (Å²) in [6.07, 6.45) is 3.86. The standard InChI is InChI=1S/C11H24N2O3/c1-16-9-10(6-8-14)13-11(15)5-3-2-4-7-12/h10,14H,2-9,12H2,1H3,(H,13,15). The number of nitrogens with two attached hydrogens (primary N) is 1. The molecule has 0 spiro atoms. The number of hydrogen-bond donors (Lipinski definition) is 3. The molecular weight excluding hydrogens is 208 g/mol. The van der Waals surface area contributed by atoms with E-state index in [1.165, 1.54) is 0 Å². The maximum atomic E-state index is 11.5. The van der Waals surface area contributed by atoms with E-state index in [1.54, 1.807) is 7.11 Å². The van der Waals surface area contributed by atoms with Crippen LogP contribution in [-0.2, 0) is 9.53 Å². The topological polar surface area (TPSA) is 84.6 Å². The monoisotopic (exact) mass is 232 g/mol. The summed E-state index contributed by atoms with van der Waals surface area (Å²) in [4.78, 5) is 11.5. The van der Waals surface area contributed by atoms with E-state index in [9.17, 15) is 4.79 Å². The van der Waals surface area contributed by atoms with Crippen LogP contribution in [0.15, 0.2) is 0 Å². The molecule has 0 radical (unpaired) electrons. The van der Waals surface area contributed by atoms with Crippen LogP contribution in [0.4, 0.5) is 0 Å². The fourth-order valence-electron chi connectivity index (χ4n) is 1.46. The van der Waals surface area contributed by atoms with Gasteiger partial charge in [0.25, 0.3) is 0 Å². The summed E-state index contributed by atoms with van der Waals surface area (Å²) in [6.45, 7) is 1.18. The molecule has 0 aromatic rings. The van der Waals surface area contributed by atoms with Gasteiger partial charge in [-0.05, 0) is 25.8 Å². The van der Waals surface area contributed by atoms with Crippen LogP contribution in [0.1, 0.15) is 32.1 Å². The Morgan fingerprint density at radius 1 is 1.44 bits per heavy atom. The van der Waals surface area contributed by atoms with Crippen molar-refractivity contribution in [2.75, 3.05) is 26.9 Å². The first kappa shape index (κ1) is 15.3. The van der Waals surface area contributed by atoms with Gasteiger partial charge in [0.2, 0.25) is 5.91 Å². The number of unbranched alkanes of at least 4 members (excludes halogenated alkanes) is 2. The van der Waals surface area contributed by atoms with Gasteiger partial charge in [-0.1, -0.05) is 6.42 Å². The Hall–Kier alpha value is -0.650. The lowest BCUT2D eigenvalue weighted by molar-refractivity contribution is -0.122. The van der Waals surface area contributed by atoms with Crippen LogP contribution in [0.3, 0.4) is 0 Å². The molecule has 5 nitrogen and oxygen atoms in total. The van der Waals surface area contributed by atoms with Gasteiger partial charge in [0.05, 0.1) is 12.6 Å². The summed E-state index contributed by atoms with van der Waals surface area (Å²) in [5, 5.41) is 11.6. The van der Waals surface area contributed by atoms with Gasteiger partial charge in [-0.2, -0.15) is 0 Å². The summed E-state index contributed by atoms with van der Waals surface area (Å²) in [5.41, 5.74) is 5.36. The molecule has 0 aliphatic heterocycles. The van der Waals surface area contributed by atoms with Crippen molar-refractivity contribution >= 4 is 5.91 Å². The average Bonchev–Trinajstić information content (AvgIpc) is 2.25. The van der Waals surface area contributed by atoms with E-state index in [4.69, 9.17) is 15.6 Å². The number of nitrogens with one attached hydrogen (secondary N) is 1. The number of rotatable bonds is 10. The van der Waals surface area contributed by atoms with Crippen molar-refractivity contribution in [2.45, 2.75) is 38.1 Å². The number of aliphatic hydroxyl groups excluding tert-OH is 1. The maximum Gasteiger partial charge on any atom is 0.220 e. The van der Waals surface area contributed by atoms with Crippen LogP contribution in [0.25, 0.3) is 0 Å². The minimum absolute atomic E-state index is 0.0209. The van der Waals surface area contributed by atoms with Crippen molar-refractivity contribution in [3.8, 4) is 0 Å². The first-order valence-electron chi connectivity index (χ1n) is 5.83. The second kappa shape index (κ2) is 10.9.